The molecule has 1 unspecified atom stereocenters. The number of ether oxygens (including phenoxy) is 1. The molecule has 2 aromatic rings. The summed E-state index contributed by atoms with van der Waals surface area (Å²) >= 11 is 3.58. The summed E-state index contributed by atoms with van der Waals surface area (Å²) in [5.41, 5.74) is 12.2. The average molecular weight is 401 g/mol. The van der Waals surface area contributed by atoms with Gasteiger partial charge in [0.25, 0.3) is 0 Å². The highest BCUT2D eigenvalue weighted by molar-refractivity contribution is 9.10. The van der Waals surface area contributed by atoms with Gasteiger partial charge in [0, 0.05) is 28.3 Å². The van der Waals surface area contributed by atoms with Gasteiger partial charge in [-0.25, -0.2) is 5.53 Å². The van der Waals surface area contributed by atoms with Crippen LogP contribution in [0.5, 0.6) is 5.75 Å². The van der Waals surface area contributed by atoms with Crippen LogP contribution in [-0.4, -0.2) is 13.7 Å². The second-order valence-corrected chi connectivity index (χ2v) is 6.86. The Balaban J connectivity index is 2.02. The van der Waals surface area contributed by atoms with Gasteiger partial charge in [-0.15, -0.1) is 0 Å². The first-order valence-electron chi connectivity index (χ1n) is 8.15. The van der Waals surface area contributed by atoms with Gasteiger partial charge >= 0.3 is 0 Å². The standard InChI is InChI=1S/C19H21BrN4O/c1-12(24-21)19-16-7-6-13(20)10-17(16)18(8-9-22-19)23-14-4-3-5-15(11-14)25-2/h3-7,10-11,18,21-23H,8-9H2,1-2H3/b19-12-,24-21?. The van der Waals surface area contributed by atoms with Crippen LogP contribution in [0.4, 0.5) is 5.69 Å². The Bertz CT molecular complexity index is 819. The molecule has 1 aliphatic heterocycles. The van der Waals surface area contributed by atoms with Gasteiger partial charge in [-0.3, -0.25) is 0 Å². The second-order valence-electron chi connectivity index (χ2n) is 5.95. The van der Waals surface area contributed by atoms with Crippen molar-refractivity contribution in [1.82, 2.24) is 5.32 Å². The predicted molar refractivity (Wildman–Crippen MR) is 104 cm³/mol. The molecule has 0 aliphatic carbocycles. The van der Waals surface area contributed by atoms with Crippen LogP contribution >= 0.6 is 15.9 Å². The molecule has 1 aliphatic rings. The maximum atomic E-state index is 7.36. The molecule has 3 rings (SSSR count). The summed E-state index contributed by atoms with van der Waals surface area (Å²) in [6, 6.07) is 14.3. The van der Waals surface area contributed by atoms with E-state index < -0.39 is 0 Å². The first-order chi connectivity index (χ1) is 12.1. The zero-order chi connectivity index (χ0) is 17.8. The van der Waals surface area contributed by atoms with E-state index >= 15 is 0 Å². The maximum absolute atomic E-state index is 7.36. The zero-order valence-corrected chi connectivity index (χ0v) is 15.9. The summed E-state index contributed by atoms with van der Waals surface area (Å²) in [7, 11) is 1.67. The van der Waals surface area contributed by atoms with E-state index in [9.17, 15) is 0 Å². The smallest absolute Gasteiger partial charge is 0.120 e. The molecule has 5 nitrogen and oxygen atoms in total. The highest BCUT2D eigenvalue weighted by atomic mass is 79.9. The van der Waals surface area contributed by atoms with Gasteiger partial charge < -0.3 is 15.4 Å². The van der Waals surface area contributed by atoms with Crippen LogP contribution in [0.2, 0.25) is 0 Å². The van der Waals surface area contributed by atoms with E-state index in [-0.39, 0.29) is 6.04 Å². The molecule has 0 amide bonds. The van der Waals surface area contributed by atoms with Crippen molar-refractivity contribution in [2.75, 3.05) is 19.0 Å². The van der Waals surface area contributed by atoms with E-state index in [0.717, 1.165) is 40.1 Å². The fraction of sp³-hybridized carbons (Fsp3) is 0.263. The zero-order valence-electron chi connectivity index (χ0n) is 14.3. The highest BCUT2D eigenvalue weighted by Crippen LogP contribution is 2.35. The van der Waals surface area contributed by atoms with E-state index in [1.54, 1.807) is 7.11 Å². The molecular weight excluding hydrogens is 380 g/mol. The minimum absolute atomic E-state index is 0.142. The van der Waals surface area contributed by atoms with E-state index in [4.69, 9.17) is 10.3 Å². The number of nitrogens with zero attached hydrogens (tertiary/aromatic N) is 1. The number of halogens is 1. The quantitative estimate of drug-likeness (QED) is 0.607. The molecule has 25 heavy (non-hydrogen) atoms. The lowest BCUT2D eigenvalue weighted by atomic mass is 9.97. The van der Waals surface area contributed by atoms with Gasteiger partial charge in [0.15, 0.2) is 0 Å². The summed E-state index contributed by atoms with van der Waals surface area (Å²) in [5, 5.41) is 10.7. The molecule has 1 atom stereocenters. The van der Waals surface area contributed by atoms with E-state index in [0.29, 0.717) is 5.70 Å². The summed E-state index contributed by atoms with van der Waals surface area (Å²) in [4.78, 5) is 0. The third-order valence-electron chi connectivity index (χ3n) is 4.33. The van der Waals surface area contributed by atoms with Gasteiger partial charge in [0.05, 0.1) is 24.5 Å². The summed E-state index contributed by atoms with van der Waals surface area (Å²) in [6.07, 6.45) is 0.912. The van der Waals surface area contributed by atoms with Gasteiger partial charge in [0.2, 0.25) is 0 Å². The monoisotopic (exact) mass is 400 g/mol. The Labute approximate surface area is 156 Å². The van der Waals surface area contributed by atoms with Crippen molar-refractivity contribution in [2.45, 2.75) is 19.4 Å². The largest absolute Gasteiger partial charge is 0.497 e. The topological polar surface area (TPSA) is 69.5 Å². The first-order valence-corrected chi connectivity index (χ1v) is 8.94. The molecule has 2 aromatic carbocycles. The van der Waals surface area contributed by atoms with Crippen molar-refractivity contribution in [1.29, 1.82) is 5.53 Å². The number of allylic oxidation sites excluding steroid dienone is 1. The minimum Gasteiger partial charge on any atom is -0.497 e. The van der Waals surface area contributed by atoms with Crippen LogP contribution in [0.25, 0.3) is 5.70 Å². The van der Waals surface area contributed by atoms with E-state index in [1.165, 1.54) is 5.56 Å². The molecule has 0 saturated heterocycles. The predicted octanol–water partition coefficient (Wildman–Crippen LogP) is 5.32. The Kier molecular flexibility index (Phi) is 5.38. The summed E-state index contributed by atoms with van der Waals surface area (Å²) < 4.78 is 6.35. The number of hydrogen-bond acceptors (Lipinski definition) is 5. The first kappa shape index (κ1) is 17.5. The lowest BCUT2D eigenvalue weighted by Crippen LogP contribution is -2.15. The van der Waals surface area contributed by atoms with Crippen molar-refractivity contribution >= 4 is 27.3 Å². The van der Waals surface area contributed by atoms with Crippen molar-refractivity contribution in [3.63, 3.8) is 0 Å². The van der Waals surface area contributed by atoms with Crippen molar-refractivity contribution < 1.29 is 4.74 Å². The normalized spacial score (nSPS) is 18.4. The number of methoxy groups -OCH3 is 1. The molecule has 0 radical (unpaired) electrons. The Morgan fingerprint density at radius 1 is 1.32 bits per heavy atom. The Hall–Kier alpha value is -2.34. The molecule has 0 saturated carbocycles. The molecule has 130 valence electrons. The van der Waals surface area contributed by atoms with Crippen LogP contribution in [-0.2, 0) is 0 Å². The SMILES string of the molecule is COc1cccc(NC2CCN/C(=C(/C)N=N)c3ccc(Br)cc32)c1. The van der Waals surface area contributed by atoms with Crippen molar-refractivity contribution in [3.8, 4) is 5.75 Å². The fourth-order valence-electron chi connectivity index (χ4n) is 3.08. The number of nitrogens with one attached hydrogen (secondary N) is 3. The van der Waals surface area contributed by atoms with Crippen molar-refractivity contribution in [2.24, 2.45) is 5.11 Å². The highest BCUT2D eigenvalue weighted by Gasteiger charge is 2.23. The van der Waals surface area contributed by atoms with Gasteiger partial charge in [-0.1, -0.05) is 28.1 Å². The van der Waals surface area contributed by atoms with Crippen LogP contribution in [0, 0.1) is 5.53 Å². The molecule has 0 bridgehead atoms. The molecule has 6 heteroatoms. The number of rotatable bonds is 4. The third kappa shape index (κ3) is 3.85. The van der Waals surface area contributed by atoms with E-state index in [2.05, 4.69) is 43.8 Å². The second kappa shape index (κ2) is 7.70. The number of benzene rings is 2. The fourth-order valence-corrected chi connectivity index (χ4v) is 3.46. The van der Waals surface area contributed by atoms with Gasteiger partial charge in [-0.05, 0) is 43.2 Å². The molecule has 0 spiro atoms. The van der Waals surface area contributed by atoms with Gasteiger partial charge in [-0.2, -0.15) is 5.11 Å². The average Bonchev–Trinajstić information content (AvgIpc) is 2.81. The molecule has 1 heterocycles. The van der Waals surface area contributed by atoms with Crippen LogP contribution < -0.4 is 15.4 Å². The number of hydrogen-bond donors (Lipinski definition) is 3. The minimum atomic E-state index is 0.142. The number of anilines is 1. The van der Waals surface area contributed by atoms with Crippen LogP contribution in [0.15, 0.2) is 57.7 Å². The summed E-state index contributed by atoms with van der Waals surface area (Å²) in [5.74, 6) is 0.829. The third-order valence-corrected chi connectivity index (χ3v) is 4.83. The molecule has 0 fully saturated rings. The lowest BCUT2D eigenvalue weighted by Gasteiger charge is -2.21. The van der Waals surface area contributed by atoms with Crippen LogP contribution in [0.3, 0.4) is 0 Å². The Morgan fingerprint density at radius 3 is 2.92 bits per heavy atom. The maximum Gasteiger partial charge on any atom is 0.120 e. The molecular formula is C19H21BrN4O. The molecule has 3 N–H and O–H groups in total. The Morgan fingerprint density at radius 2 is 2.16 bits per heavy atom. The lowest BCUT2D eigenvalue weighted by molar-refractivity contribution is 0.415. The van der Waals surface area contributed by atoms with Crippen LogP contribution in [0.1, 0.15) is 30.5 Å². The van der Waals surface area contributed by atoms with E-state index in [1.807, 2.05) is 37.3 Å². The summed E-state index contributed by atoms with van der Waals surface area (Å²) in [6.45, 7) is 2.66. The molecule has 0 aromatic heterocycles. The van der Waals surface area contributed by atoms with Crippen molar-refractivity contribution in [3.05, 3.63) is 63.8 Å². The number of fused-ring (bicyclic) bond motifs is 1. The van der Waals surface area contributed by atoms with Gasteiger partial charge in [0.1, 0.15) is 5.75 Å².